The van der Waals surface area contributed by atoms with Gasteiger partial charge in [-0.25, -0.2) is 0 Å². The van der Waals surface area contributed by atoms with Crippen LogP contribution in [0.1, 0.15) is 31.5 Å². The van der Waals surface area contributed by atoms with E-state index in [9.17, 15) is 9.59 Å². The van der Waals surface area contributed by atoms with Crippen LogP contribution in [0.5, 0.6) is 0 Å². The second-order valence-corrected chi connectivity index (χ2v) is 6.87. The Bertz CT molecular complexity index is 1060. The average Bonchev–Trinajstić information content (AvgIpc) is 3.31. The number of halogens is 1. The zero-order valence-electron chi connectivity index (χ0n) is 12.0. The van der Waals surface area contributed by atoms with Gasteiger partial charge in [0.2, 0.25) is 11.6 Å². The standard InChI is InChI=1S/C17H8BrNO4S/c18-10-3-4-12-9(6-10)7-13(23-12)16(20)11-8-22-19-15(11)17(21)14-2-1-5-24-14/h1-8H. The molecule has 4 aromatic rings. The summed E-state index contributed by atoms with van der Waals surface area (Å²) < 4.78 is 11.3. The molecule has 0 amide bonds. The van der Waals surface area contributed by atoms with Gasteiger partial charge < -0.3 is 8.94 Å². The van der Waals surface area contributed by atoms with E-state index in [0.717, 1.165) is 9.86 Å². The molecule has 0 aliphatic rings. The van der Waals surface area contributed by atoms with Crippen LogP contribution >= 0.6 is 27.3 Å². The lowest BCUT2D eigenvalue weighted by Gasteiger charge is -1.96. The molecule has 7 heteroatoms. The molecule has 0 unspecified atom stereocenters. The van der Waals surface area contributed by atoms with E-state index >= 15 is 0 Å². The van der Waals surface area contributed by atoms with Crippen LogP contribution in [0.25, 0.3) is 11.0 Å². The molecule has 0 aliphatic heterocycles. The summed E-state index contributed by atoms with van der Waals surface area (Å²) in [5, 5.41) is 6.27. The summed E-state index contributed by atoms with van der Waals surface area (Å²) in [5.41, 5.74) is 0.666. The molecule has 3 aromatic heterocycles. The highest BCUT2D eigenvalue weighted by molar-refractivity contribution is 9.10. The van der Waals surface area contributed by atoms with Crippen LogP contribution < -0.4 is 0 Å². The van der Waals surface area contributed by atoms with Crippen LogP contribution in [0, 0.1) is 0 Å². The van der Waals surface area contributed by atoms with Gasteiger partial charge in [-0.2, -0.15) is 0 Å². The van der Waals surface area contributed by atoms with E-state index in [2.05, 4.69) is 21.1 Å². The molecule has 0 aliphatic carbocycles. The van der Waals surface area contributed by atoms with Crippen molar-refractivity contribution in [1.82, 2.24) is 5.16 Å². The largest absolute Gasteiger partial charge is 0.453 e. The first kappa shape index (κ1) is 15.0. The molecule has 0 fully saturated rings. The number of aromatic nitrogens is 1. The van der Waals surface area contributed by atoms with Gasteiger partial charge in [-0.15, -0.1) is 11.3 Å². The smallest absolute Gasteiger partial charge is 0.233 e. The number of benzene rings is 1. The number of ketones is 2. The molecule has 0 saturated carbocycles. The lowest BCUT2D eigenvalue weighted by molar-refractivity contribution is 0.0989. The molecule has 0 bridgehead atoms. The quantitative estimate of drug-likeness (QED) is 0.463. The molecule has 3 heterocycles. The number of furan rings is 1. The Labute approximate surface area is 148 Å². The van der Waals surface area contributed by atoms with Crippen LogP contribution in [-0.4, -0.2) is 16.7 Å². The molecule has 0 atom stereocenters. The molecule has 118 valence electrons. The zero-order chi connectivity index (χ0) is 16.7. The van der Waals surface area contributed by atoms with Crippen molar-refractivity contribution in [3.8, 4) is 0 Å². The van der Waals surface area contributed by atoms with Crippen molar-refractivity contribution < 1.29 is 18.5 Å². The summed E-state index contributed by atoms with van der Waals surface area (Å²) in [6.45, 7) is 0. The number of thiophene rings is 1. The van der Waals surface area contributed by atoms with E-state index in [1.165, 1.54) is 17.6 Å². The third-order valence-corrected chi connectivity index (χ3v) is 4.84. The van der Waals surface area contributed by atoms with Crippen molar-refractivity contribution in [2.75, 3.05) is 0 Å². The Morgan fingerprint density at radius 3 is 2.79 bits per heavy atom. The van der Waals surface area contributed by atoms with Gasteiger partial charge in [0, 0.05) is 9.86 Å². The predicted molar refractivity (Wildman–Crippen MR) is 91.6 cm³/mol. The number of carbonyl (C=O) groups is 2. The normalized spacial score (nSPS) is 11.0. The van der Waals surface area contributed by atoms with Gasteiger partial charge in [0.1, 0.15) is 11.8 Å². The van der Waals surface area contributed by atoms with Crippen molar-refractivity contribution >= 4 is 49.8 Å². The van der Waals surface area contributed by atoms with Gasteiger partial charge in [0.15, 0.2) is 11.5 Å². The summed E-state index contributed by atoms with van der Waals surface area (Å²) in [4.78, 5) is 25.6. The van der Waals surface area contributed by atoms with E-state index < -0.39 is 5.78 Å². The van der Waals surface area contributed by atoms with Gasteiger partial charge >= 0.3 is 0 Å². The predicted octanol–water partition coefficient (Wildman–Crippen LogP) is 4.71. The molecule has 0 radical (unpaired) electrons. The second kappa shape index (κ2) is 5.85. The van der Waals surface area contributed by atoms with Crippen molar-refractivity contribution in [2.45, 2.75) is 0 Å². The minimum absolute atomic E-state index is 0.0101. The lowest BCUT2D eigenvalue weighted by atomic mass is 10.1. The Hall–Kier alpha value is -2.51. The molecule has 1 aromatic carbocycles. The Morgan fingerprint density at radius 2 is 2.00 bits per heavy atom. The molecular formula is C17H8BrNO4S. The summed E-state index contributed by atoms with van der Waals surface area (Å²) in [6.07, 6.45) is 1.17. The first-order valence-corrected chi connectivity index (χ1v) is 8.57. The third kappa shape index (κ3) is 2.51. The monoisotopic (exact) mass is 401 g/mol. The lowest BCUT2D eigenvalue weighted by Crippen LogP contribution is -2.08. The van der Waals surface area contributed by atoms with Crippen molar-refractivity contribution in [3.05, 3.63) is 74.4 Å². The van der Waals surface area contributed by atoms with Gasteiger partial charge in [0.25, 0.3) is 0 Å². The van der Waals surface area contributed by atoms with Crippen LogP contribution in [0.15, 0.2) is 61.5 Å². The Kier molecular flexibility index (Phi) is 3.66. The fourth-order valence-corrected chi connectivity index (χ4v) is 3.39. The highest BCUT2D eigenvalue weighted by Crippen LogP contribution is 2.26. The molecule has 0 N–H and O–H groups in total. The van der Waals surface area contributed by atoms with E-state index in [0.29, 0.717) is 10.5 Å². The number of hydrogen-bond donors (Lipinski definition) is 0. The second-order valence-electron chi connectivity index (χ2n) is 5.01. The summed E-state index contributed by atoms with van der Waals surface area (Å²) >= 11 is 4.65. The van der Waals surface area contributed by atoms with Crippen molar-refractivity contribution in [1.29, 1.82) is 0 Å². The summed E-state index contributed by atoms with van der Waals surface area (Å²) in [7, 11) is 0. The van der Waals surface area contributed by atoms with Gasteiger partial charge in [-0.1, -0.05) is 27.2 Å². The Morgan fingerprint density at radius 1 is 1.12 bits per heavy atom. The van der Waals surface area contributed by atoms with E-state index in [-0.39, 0.29) is 22.8 Å². The molecule has 4 rings (SSSR count). The number of carbonyl (C=O) groups excluding carboxylic acids is 2. The van der Waals surface area contributed by atoms with Crippen LogP contribution in [0.3, 0.4) is 0 Å². The maximum Gasteiger partial charge on any atom is 0.233 e. The van der Waals surface area contributed by atoms with E-state index in [4.69, 9.17) is 8.94 Å². The maximum absolute atomic E-state index is 12.7. The Balaban J connectivity index is 1.74. The summed E-state index contributed by atoms with van der Waals surface area (Å²) in [6, 6.07) is 10.5. The highest BCUT2D eigenvalue weighted by atomic mass is 79.9. The molecule has 24 heavy (non-hydrogen) atoms. The average molecular weight is 402 g/mol. The SMILES string of the molecule is O=C(c1cc2cc(Br)ccc2o1)c1conc1C(=O)c1cccs1. The van der Waals surface area contributed by atoms with Gasteiger partial charge in [-0.05, 0) is 35.7 Å². The maximum atomic E-state index is 12.7. The van der Waals surface area contributed by atoms with Crippen molar-refractivity contribution in [3.63, 3.8) is 0 Å². The number of fused-ring (bicyclic) bond motifs is 1. The number of rotatable bonds is 4. The van der Waals surface area contributed by atoms with E-state index in [1.807, 2.05) is 12.1 Å². The molecule has 0 saturated heterocycles. The minimum Gasteiger partial charge on any atom is -0.453 e. The number of hydrogen-bond acceptors (Lipinski definition) is 6. The molecule has 5 nitrogen and oxygen atoms in total. The zero-order valence-corrected chi connectivity index (χ0v) is 14.4. The first-order chi connectivity index (χ1) is 11.6. The van der Waals surface area contributed by atoms with Gasteiger partial charge in [-0.3, -0.25) is 9.59 Å². The minimum atomic E-state index is -0.441. The van der Waals surface area contributed by atoms with E-state index in [1.54, 1.807) is 29.6 Å². The first-order valence-electron chi connectivity index (χ1n) is 6.90. The molecule has 0 spiro atoms. The molecular weight excluding hydrogens is 394 g/mol. The topological polar surface area (TPSA) is 73.3 Å². The fraction of sp³-hybridized carbons (Fsp3) is 0. The number of nitrogens with zero attached hydrogens (tertiary/aromatic N) is 1. The highest BCUT2D eigenvalue weighted by Gasteiger charge is 2.26. The van der Waals surface area contributed by atoms with Gasteiger partial charge in [0.05, 0.1) is 10.4 Å². The van der Waals surface area contributed by atoms with Crippen LogP contribution in [-0.2, 0) is 0 Å². The fourth-order valence-electron chi connectivity index (χ4n) is 2.34. The van der Waals surface area contributed by atoms with Crippen LogP contribution in [0.4, 0.5) is 0 Å². The van der Waals surface area contributed by atoms with Crippen molar-refractivity contribution in [2.24, 2.45) is 0 Å². The summed E-state index contributed by atoms with van der Waals surface area (Å²) in [5.74, 6) is -0.657. The van der Waals surface area contributed by atoms with Crippen LogP contribution in [0.2, 0.25) is 0 Å². The third-order valence-electron chi connectivity index (χ3n) is 3.48.